The highest BCUT2D eigenvalue weighted by Gasteiger charge is 2.31. The molecule has 0 aliphatic rings. The zero-order chi connectivity index (χ0) is 17.3. The van der Waals surface area contributed by atoms with Crippen LogP contribution in [0.15, 0.2) is 12.4 Å². The predicted molar refractivity (Wildman–Crippen MR) is 83.6 cm³/mol. The van der Waals surface area contributed by atoms with Gasteiger partial charge in [-0.25, -0.2) is 4.79 Å². The van der Waals surface area contributed by atoms with Crippen molar-refractivity contribution in [3.8, 4) is 11.1 Å². The fraction of sp³-hybridized carbons (Fsp3) is 0.375. The monoisotopic (exact) mass is 317 g/mol. The molecule has 0 radical (unpaired) electrons. The van der Waals surface area contributed by atoms with Crippen LogP contribution in [0.4, 0.5) is 0 Å². The van der Waals surface area contributed by atoms with Crippen LogP contribution in [0.2, 0.25) is 0 Å². The van der Waals surface area contributed by atoms with E-state index in [0.29, 0.717) is 22.4 Å². The molecule has 0 spiro atoms. The molecule has 0 fully saturated rings. The molecule has 0 N–H and O–H groups in total. The summed E-state index contributed by atoms with van der Waals surface area (Å²) in [5.74, 6) is -1.23. The minimum Gasteiger partial charge on any atom is -0.461 e. The molecule has 0 bridgehead atoms. The first-order valence-corrected chi connectivity index (χ1v) is 7.22. The Bertz CT molecular complexity index is 799. The highest BCUT2D eigenvalue weighted by molar-refractivity contribution is 6.10. The summed E-state index contributed by atoms with van der Waals surface area (Å²) in [4.78, 5) is 36.6. The number of ether oxygens (including phenoxy) is 1. The van der Waals surface area contributed by atoms with E-state index in [4.69, 9.17) is 4.74 Å². The first-order valence-electron chi connectivity index (χ1n) is 7.22. The highest BCUT2D eigenvalue weighted by Crippen LogP contribution is 2.33. The molecule has 23 heavy (non-hydrogen) atoms. The number of carbonyl (C=O) groups excluding carboxylic acids is 3. The number of nitrogens with zero attached hydrogens (tertiary/aromatic N) is 3. The molecule has 2 rings (SSSR count). The summed E-state index contributed by atoms with van der Waals surface area (Å²) >= 11 is 0. The summed E-state index contributed by atoms with van der Waals surface area (Å²) in [6.45, 7) is 6.24. The smallest absolute Gasteiger partial charge is 0.356 e. The Morgan fingerprint density at radius 1 is 1.26 bits per heavy atom. The van der Waals surface area contributed by atoms with E-state index < -0.39 is 5.97 Å². The Labute approximate surface area is 133 Å². The number of carbonyl (C=O) groups is 3. The van der Waals surface area contributed by atoms with Crippen molar-refractivity contribution >= 4 is 17.7 Å². The maximum absolute atomic E-state index is 12.4. The fourth-order valence-corrected chi connectivity index (χ4v) is 2.74. The summed E-state index contributed by atoms with van der Waals surface area (Å²) in [7, 11) is 1.73. The largest absolute Gasteiger partial charge is 0.461 e. The van der Waals surface area contributed by atoms with Gasteiger partial charge in [0.05, 0.1) is 12.8 Å². The number of hydrogen-bond donors (Lipinski definition) is 0. The van der Waals surface area contributed by atoms with E-state index in [-0.39, 0.29) is 24.0 Å². The lowest BCUT2D eigenvalue weighted by atomic mass is 10.0. The van der Waals surface area contributed by atoms with E-state index in [2.05, 4.69) is 5.10 Å². The topological polar surface area (TPSA) is 83.2 Å². The van der Waals surface area contributed by atoms with Gasteiger partial charge in [0.15, 0.2) is 5.78 Å². The van der Waals surface area contributed by atoms with Crippen molar-refractivity contribution in [3.63, 3.8) is 0 Å². The lowest BCUT2D eigenvalue weighted by Crippen LogP contribution is -2.18. The first-order chi connectivity index (χ1) is 10.8. The number of rotatable bonds is 4. The number of aromatic nitrogens is 3. The molecule has 0 saturated carbocycles. The quantitative estimate of drug-likeness (QED) is 0.638. The minimum absolute atomic E-state index is 0.0649. The normalized spacial score (nSPS) is 10.7. The third kappa shape index (κ3) is 2.81. The second kappa shape index (κ2) is 6.20. The molecule has 2 aromatic rings. The van der Waals surface area contributed by atoms with Crippen molar-refractivity contribution < 1.29 is 19.1 Å². The van der Waals surface area contributed by atoms with E-state index in [1.165, 1.54) is 18.4 Å². The van der Waals surface area contributed by atoms with E-state index in [1.54, 1.807) is 38.0 Å². The number of aryl methyl sites for hydroxylation is 1. The van der Waals surface area contributed by atoms with Crippen LogP contribution in [-0.2, 0) is 11.8 Å². The third-order valence-corrected chi connectivity index (χ3v) is 3.54. The number of hydrogen-bond acceptors (Lipinski definition) is 5. The molecule has 0 saturated heterocycles. The fourth-order valence-electron chi connectivity index (χ4n) is 2.74. The maximum Gasteiger partial charge on any atom is 0.356 e. The van der Waals surface area contributed by atoms with Crippen molar-refractivity contribution in [2.75, 3.05) is 6.61 Å². The summed E-state index contributed by atoms with van der Waals surface area (Å²) in [6, 6.07) is 0. The molecule has 122 valence electrons. The second-order valence-corrected chi connectivity index (χ2v) is 5.22. The standard InChI is InChI=1S/C16H19N3O4/c1-6-23-16(22)15-14(12-7-17-18(5)8-12)13(10(3)20)9(2)19(15)11(4)21/h7-8H,6H2,1-5H3. The summed E-state index contributed by atoms with van der Waals surface area (Å²) in [5.41, 5.74) is 1.79. The van der Waals surface area contributed by atoms with E-state index in [9.17, 15) is 14.4 Å². The Hall–Kier alpha value is -2.70. The molecule has 0 aliphatic heterocycles. The average Bonchev–Trinajstić information content (AvgIpc) is 2.99. The zero-order valence-corrected chi connectivity index (χ0v) is 13.8. The summed E-state index contributed by atoms with van der Waals surface area (Å²) in [5, 5.41) is 4.08. The molecule has 2 aromatic heterocycles. The third-order valence-electron chi connectivity index (χ3n) is 3.54. The van der Waals surface area contributed by atoms with E-state index in [0.717, 1.165) is 0 Å². The van der Waals surface area contributed by atoms with E-state index in [1.807, 2.05) is 0 Å². The Morgan fingerprint density at radius 3 is 2.35 bits per heavy atom. The van der Waals surface area contributed by atoms with Gasteiger partial charge in [-0.15, -0.1) is 0 Å². The van der Waals surface area contributed by atoms with Gasteiger partial charge in [0.1, 0.15) is 5.69 Å². The van der Waals surface area contributed by atoms with Crippen molar-refractivity contribution in [1.82, 2.24) is 14.3 Å². The molecule has 0 atom stereocenters. The number of Topliss-reactive ketones (excluding diaryl/α,β-unsaturated/α-hetero) is 1. The van der Waals surface area contributed by atoms with Gasteiger partial charge in [0.2, 0.25) is 5.91 Å². The summed E-state index contributed by atoms with van der Waals surface area (Å²) in [6.07, 6.45) is 3.24. The molecule has 0 amide bonds. The minimum atomic E-state index is -0.642. The van der Waals surface area contributed by atoms with Gasteiger partial charge in [0.25, 0.3) is 0 Å². The van der Waals surface area contributed by atoms with Crippen molar-refractivity contribution in [1.29, 1.82) is 0 Å². The molecule has 0 aliphatic carbocycles. The number of ketones is 1. The highest BCUT2D eigenvalue weighted by atomic mass is 16.5. The van der Waals surface area contributed by atoms with Gasteiger partial charge in [0, 0.05) is 42.6 Å². The number of esters is 1. The van der Waals surface area contributed by atoms with Crippen LogP contribution in [0, 0.1) is 6.92 Å². The van der Waals surface area contributed by atoms with Crippen LogP contribution < -0.4 is 0 Å². The van der Waals surface area contributed by atoms with Gasteiger partial charge < -0.3 is 4.74 Å². The lowest BCUT2D eigenvalue weighted by molar-refractivity contribution is 0.0509. The Morgan fingerprint density at radius 2 is 1.91 bits per heavy atom. The van der Waals surface area contributed by atoms with E-state index >= 15 is 0 Å². The first kappa shape index (κ1) is 16.7. The lowest BCUT2D eigenvalue weighted by Gasteiger charge is -2.08. The summed E-state index contributed by atoms with van der Waals surface area (Å²) < 4.78 is 7.88. The molecule has 0 aromatic carbocycles. The van der Waals surface area contributed by atoms with Crippen LogP contribution in [0.3, 0.4) is 0 Å². The van der Waals surface area contributed by atoms with Gasteiger partial charge >= 0.3 is 5.97 Å². The van der Waals surface area contributed by atoms with Gasteiger partial charge in [-0.3, -0.25) is 18.8 Å². The zero-order valence-electron chi connectivity index (χ0n) is 13.8. The van der Waals surface area contributed by atoms with Gasteiger partial charge in [-0.05, 0) is 20.8 Å². The average molecular weight is 317 g/mol. The Balaban J connectivity index is 2.90. The SMILES string of the molecule is CCOC(=O)c1c(-c2cnn(C)c2)c(C(C)=O)c(C)n1C(C)=O. The van der Waals surface area contributed by atoms with Crippen LogP contribution in [-0.4, -0.2) is 38.6 Å². The van der Waals surface area contributed by atoms with Crippen molar-refractivity contribution in [3.05, 3.63) is 29.3 Å². The van der Waals surface area contributed by atoms with Crippen LogP contribution >= 0.6 is 0 Å². The van der Waals surface area contributed by atoms with Crippen LogP contribution in [0.1, 0.15) is 52.1 Å². The van der Waals surface area contributed by atoms with Crippen LogP contribution in [0.25, 0.3) is 11.1 Å². The molecular weight excluding hydrogens is 298 g/mol. The molecule has 7 nitrogen and oxygen atoms in total. The maximum atomic E-state index is 12.4. The van der Waals surface area contributed by atoms with Crippen molar-refractivity contribution in [2.45, 2.75) is 27.7 Å². The van der Waals surface area contributed by atoms with Crippen molar-refractivity contribution in [2.24, 2.45) is 7.05 Å². The van der Waals surface area contributed by atoms with Gasteiger partial charge in [-0.1, -0.05) is 0 Å². The molecule has 7 heteroatoms. The van der Waals surface area contributed by atoms with Crippen LogP contribution in [0.5, 0.6) is 0 Å². The molecular formula is C16H19N3O4. The molecule has 0 unspecified atom stereocenters. The Kier molecular flexibility index (Phi) is 4.49. The molecule has 2 heterocycles. The van der Waals surface area contributed by atoms with Gasteiger partial charge in [-0.2, -0.15) is 5.10 Å². The predicted octanol–water partition coefficient (Wildman–Crippen LogP) is 2.24. The second-order valence-electron chi connectivity index (χ2n) is 5.22.